The minimum Gasteiger partial charge on any atom is -0.481 e. The van der Waals surface area contributed by atoms with E-state index in [1.807, 2.05) is 24.3 Å². The minimum absolute atomic E-state index is 0.158. The van der Waals surface area contributed by atoms with E-state index in [2.05, 4.69) is 5.32 Å². The maximum atomic E-state index is 12.3. The fourth-order valence-corrected chi connectivity index (χ4v) is 2.85. The molecule has 1 unspecified atom stereocenters. The van der Waals surface area contributed by atoms with E-state index in [1.165, 1.54) is 24.8 Å². The molecule has 1 fully saturated rings. The molecule has 1 aliphatic carbocycles. The molecule has 0 aliphatic heterocycles. The van der Waals surface area contributed by atoms with Crippen LogP contribution in [0.15, 0.2) is 48.5 Å². The van der Waals surface area contributed by atoms with Crippen molar-refractivity contribution in [3.05, 3.63) is 65.2 Å². The fraction of sp³-hybridized carbons (Fsp3) is 0.300. The Morgan fingerprint density at radius 1 is 1.04 bits per heavy atom. The van der Waals surface area contributed by atoms with Crippen LogP contribution in [-0.2, 0) is 4.79 Å². The van der Waals surface area contributed by atoms with E-state index in [1.54, 1.807) is 31.2 Å². The van der Waals surface area contributed by atoms with Crippen LogP contribution in [0.4, 0.5) is 5.69 Å². The smallest absolute Gasteiger partial charge is 0.310 e. The predicted octanol–water partition coefficient (Wildman–Crippen LogP) is 4.39. The van der Waals surface area contributed by atoms with Crippen molar-refractivity contribution in [2.75, 3.05) is 5.32 Å². The molecule has 4 heteroatoms. The molecule has 3 rings (SSSR count). The van der Waals surface area contributed by atoms with Gasteiger partial charge >= 0.3 is 5.97 Å². The highest BCUT2D eigenvalue weighted by atomic mass is 16.4. The zero-order valence-electron chi connectivity index (χ0n) is 13.7. The number of rotatable bonds is 5. The van der Waals surface area contributed by atoms with Crippen molar-refractivity contribution in [3.8, 4) is 0 Å². The number of aliphatic carboxylic acids is 1. The van der Waals surface area contributed by atoms with Crippen molar-refractivity contribution in [2.24, 2.45) is 0 Å². The van der Waals surface area contributed by atoms with Crippen LogP contribution in [0.2, 0.25) is 0 Å². The number of nitrogens with one attached hydrogen (secondary N) is 1. The molecule has 1 aliphatic rings. The number of benzene rings is 2. The molecule has 2 aromatic carbocycles. The van der Waals surface area contributed by atoms with Crippen molar-refractivity contribution < 1.29 is 14.7 Å². The van der Waals surface area contributed by atoms with Crippen LogP contribution in [0, 0.1) is 0 Å². The third-order valence-corrected chi connectivity index (χ3v) is 4.79. The Labute approximate surface area is 141 Å². The van der Waals surface area contributed by atoms with Crippen LogP contribution in [0.3, 0.4) is 0 Å². The van der Waals surface area contributed by atoms with Gasteiger partial charge < -0.3 is 10.4 Å². The van der Waals surface area contributed by atoms with Gasteiger partial charge in [-0.3, -0.25) is 9.59 Å². The maximum Gasteiger partial charge on any atom is 0.310 e. The van der Waals surface area contributed by atoms with Crippen LogP contribution in [0.5, 0.6) is 0 Å². The van der Waals surface area contributed by atoms with Crippen molar-refractivity contribution in [2.45, 2.75) is 38.0 Å². The number of amides is 1. The molecule has 2 aromatic rings. The molecule has 4 nitrogen and oxygen atoms in total. The molecule has 0 spiro atoms. The first kappa shape index (κ1) is 16.2. The van der Waals surface area contributed by atoms with E-state index in [-0.39, 0.29) is 5.91 Å². The van der Waals surface area contributed by atoms with Crippen molar-refractivity contribution >= 4 is 17.6 Å². The number of carboxylic acids is 1. The number of carbonyl (C=O) groups excluding carboxylic acids is 1. The highest BCUT2D eigenvalue weighted by Crippen LogP contribution is 2.36. The predicted molar refractivity (Wildman–Crippen MR) is 93.5 cm³/mol. The van der Waals surface area contributed by atoms with Gasteiger partial charge in [0.1, 0.15) is 0 Å². The highest BCUT2D eigenvalue weighted by Gasteiger charge is 2.19. The number of hydrogen-bond donors (Lipinski definition) is 2. The van der Waals surface area contributed by atoms with Crippen LogP contribution in [0.25, 0.3) is 0 Å². The van der Waals surface area contributed by atoms with Gasteiger partial charge in [-0.1, -0.05) is 30.7 Å². The lowest BCUT2D eigenvalue weighted by molar-refractivity contribution is -0.138. The van der Waals surface area contributed by atoms with Gasteiger partial charge in [0.15, 0.2) is 0 Å². The van der Waals surface area contributed by atoms with Crippen molar-refractivity contribution in [1.29, 1.82) is 0 Å². The zero-order valence-corrected chi connectivity index (χ0v) is 13.7. The molecule has 0 heterocycles. The molecular formula is C20H21NO3. The number of carbonyl (C=O) groups is 2. The standard InChI is InChI=1S/C20H21NO3/c1-13(20(23)24)14-9-11-18(12-10-14)21-19(22)17-7-5-16(6-8-17)15-3-2-4-15/h5-13,15H,2-4H2,1H3,(H,21,22)(H,23,24). The summed E-state index contributed by atoms with van der Waals surface area (Å²) in [4.78, 5) is 23.3. The summed E-state index contributed by atoms with van der Waals surface area (Å²) in [6.45, 7) is 1.64. The molecule has 1 amide bonds. The van der Waals surface area contributed by atoms with Crippen LogP contribution >= 0.6 is 0 Å². The second-order valence-corrected chi connectivity index (χ2v) is 6.39. The van der Waals surface area contributed by atoms with E-state index in [4.69, 9.17) is 5.11 Å². The Morgan fingerprint density at radius 2 is 1.67 bits per heavy atom. The maximum absolute atomic E-state index is 12.3. The molecule has 1 atom stereocenters. The average Bonchev–Trinajstić information content (AvgIpc) is 2.54. The second kappa shape index (κ2) is 6.87. The Hall–Kier alpha value is -2.62. The second-order valence-electron chi connectivity index (χ2n) is 6.39. The van der Waals surface area contributed by atoms with Gasteiger partial charge in [0.05, 0.1) is 5.92 Å². The SMILES string of the molecule is CC(C(=O)O)c1ccc(NC(=O)c2ccc(C3CCC3)cc2)cc1. The van der Waals surface area contributed by atoms with Gasteiger partial charge in [0, 0.05) is 11.3 Å². The lowest BCUT2D eigenvalue weighted by Crippen LogP contribution is -2.13. The third kappa shape index (κ3) is 3.48. The molecular weight excluding hydrogens is 302 g/mol. The number of carboxylic acid groups (broad SMARTS) is 1. The van der Waals surface area contributed by atoms with Crippen molar-refractivity contribution in [1.82, 2.24) is 0 Å². The van der Waals surface area contributed by atoms with Crippen LogP contribution < -0.4 is 5.32 Å². The molecule has 2 N–H and O–H groups in total. The lowest BCUT2D eigenvalue weighted by atomic mass is 9.80. The quantitative estimate of drug-likeness (QED) is 0.857. The summed E-state index contributed by atoms with van der Waals surface area (Å²) in [5.41, 5.74) is 3.31. The Bertz CT molecular complexity index is 730. The van der Waals surface area contributed by atoms with Gasteiger partial charge in [-0.25, -0.2) is 0 Å². The van der Waals surface area contributed by atoms with Gasteiger partial charge in [0.2, 0.25) is 0 Å². The largest absolute Gasteiger partial charge is 0.481 e. The average molecular weight is 323 g/mol. The molecule has 1 saturated carbocycles. The highest BCUT2D eigenvalue weighted by molar-refractivity contribution is 6.04. The lowest BCUT2D eigenvalue weighted by Gasteiger charge is -2.25. The van der Waals surface area contributed by atoms with Gasteiger partial charge in [-0.05, 0) is 61.1 Å². The van der Waals surface area contributed by atoms with E-state index in [0.29, 0.717) is 22.7 Å². The van der Waals surface area contributed by atoms with Crippen molar-refractivity contribution in [3.63, 3.8) is 0 Å². The Balaban J connectivity index is 1.64. The zero-order chi connectivity index (χ0) is 17.1. The van der Waals surface area contributed by atoms with Gasteiger partial charge in [0.25, 0.3) is 5.91 Å². The summed E-state index contributed by atoms with van der Waals surface area (Å²) in [6.07, 6.45) is 3.78. The molecule has 0 saturated heterocycles. The Morgan fingerprint density at radius 3 is 2.17 bits per heavy atom. The van der Waals surface area contributed by atoms with E-state index in [9.17, 15) is 9.59 Å². The Kier molecular flexibility index (Phi) is 4.65. The summed E-state index contributed by atoms with van der Waals surface area (Å²) < 4.78 is 0. The monoisotopic (exact) mass is 323 g/mol. The molecule has 0 bridgehead atoms. The summed E-state index contributed by atoms with van der Waals surface area (Å²) >= 11 is 0. The first-order chi connectivity index (χ1) is 11.5. The van der Waals surface area contributed by atoms with E-state index in [0.717, 1.165) is 0 Å². The first-order valence-electron chi connectivity index (χ1n) is 8.28. The van der Waals surface area contributed by atoms with E-state index >= 15 is 0 Å². The normalized spacial score (nSPS) is 15.4. The minimum atomic E-state index is -0.863. The number of hydrogen-bond acceptors (Lipinski definition) is 2. The fourth-order valence-electron chi connectivity index (χ4n) is 2.85. The third-order valence-electron chi connectivity index (χ3n) is 4.79. The molecule has 24 heavy (non-hydrogen) atoms. The van der Waals surface area contributed by atoms with Gasteiger partial charge in [-0.15, -0.1) is 0 Å². The summed E-state index contributed by atoms with van der Waals surface area (Å²) in [7, 11) is 0. The topological polar surface area (TPSA) is 66.4 Å². The molecule has 0 radical (unpaired) electrons. The number of anilines is 1. The summed E-state index contributed by atoms with van der Waals surface area (Å²) in [6, 6.07) is 14.7. The molecule has 0 aromatic heterocycles. The van der Waals surface area contributed by atoms with E-state index < -0.39 is 11.9 Å². The molecule has 124 valence electrons. The summed E-state index contributed by atoms with van der Waals surface area (Å²) in [5, 5.41) is 11.9. The summed E-state index contributed by atoms with van der Waals surface area (Å²) in [5.74, 6) is -0.924. The first-order valence-corrected chi connectivity index (χ1v) is 8.28. The van der Waals surface area contributed by atoms with Crippen LogP contribution in [-0.4, -0.2) is 17.0 Å². The van der Waals surface area contributed by atoms with Gasteiger partial charge in [-0.2, -0.15) is 0 Å². The van der Waals surface area contributed by atoms with Crippen LogP contribution in [0.1, 0.15) is 59.5 Å².